The molecular formula is C14H11N5O3S2. The number of ether oxygens (including phenoxy) is 1. The number of hydrogen-bond donors (Lipinski definition) is 1. The van der Waals surface area contributed by atoms with Crippen molar-refractivity contribution in [1.82, 2.24) is 15.2 Å². The Morgan fingerprint density at radius 2 is 2.04 bits per heavy atom. The molecule has 0 aliphatic heterocycles. The zero-order chi connectivity index (χ0) is 16.9. The van der Waals surface area contributed by atoms with E-state index >= 15 is 0 Å². The van der Waals surface area contributed by atoms with E-state index in [1.54, 1.807) is 7.11 Å². The Hall–Kier alpha value is -2.72. The molecule has 122 valence electrons. The predicted molar refractivity (Wildman–Crippen MR) is 91.2 cm³/mol. The van der Waals surface area contributed by atoms with E-state index in [1.807, 2.05) is 24.3 Å². The summed E-state index contributed by atoms with van der Waals surface area (Å²) < 4.78 is 5.66. The SMILES string of the molecule is COc1ccc(Nc2nnc(Sc3ncccc3[N+](=O)[O-])s2)cc1. The van der Waals surface area contributed by atoms with Crippen LogP contribution in [-0.2, 0) is 0 Å². The molecule has 2 aromatic heterocycles. The molecule has 0 fully saturated rings. The Bertz CT molecular complexity index is 854. The Kier molecular flexibility index (Phi) is 4.87. The fraction of sp³-hybridized carbons (Fsp3) is 0.0714. The predicted octanol–water partition coefficient (Wildman–Crippen LogP) is 3.74. The van der Waals surface area contributed by atoms with E-state index < -0.39 is 4.92 Å². The van der Waals surface area contributed by atoms with Crippen molar-refractivity contribution in [2.45, 2.75) is 9.37 Å². The first-order valence-corrected chi connectivity index (χ1v) is 8.31. The van der Waals surface area contributed by atoms with Gasteiger partial charge in [0.2, 0.25) is 5.13 Å². The fourth-order valence-corrected chi connectivity index (χ4v) is 3.53. The van der Waals surface area contributed by atoms with Crippen molar-refractivity contribution < 1.29 is 9.66 Å². The first kappa shape index (κ1) is 16.1. The number of nitro groups is 1. The molecule has 0 spiro atoms. The third kappa shape index (κ3) is 3.78. The van der Waals surface area contributed by atoms with E-state index in [4.69, 9.17) is 4.74 Å². The highest BCUT2D eigenvalue weighted by Crippen LogP contribution is 2.36. The lowest BCUT2D eigenvalue weighted by Crippen LogP contribution is -1.92. The lowest BCUT2D eigenvalue weighted by molar-refractivity contribution is -0.388. The van der Waals surface area contributed by atoms with Crippen molar-refractivity contribution in [2.24, 2.45) is 0 Å². The molecular weight excluding hydrogens is 350 g/mol. The molecule has 3 rings (SSSR count). The van der Waals surface area contributed by atoms with E-state index in [1.165, 1.54) is 29.7 Å². The van der Waals surface area contributed by atoms with Crippen LogP contribution in [0.5, 0.6) is 5.75 Å². The zero-order valence-corrected chi connectivity index (χ0v) is 14.0. The van der Waals surface area contributed by atoms with Gasteiger partial charge in [0.25, 0.3) is 0 Å². The second-order valence-electron chi connectivity index (χ2n) is 4.41. The average Bonchev–Trinajstić information content (AvgIpc) is 3.03. The van der Waals surface area contributed by atoms with Crippen LogP contribution in [0.2, 0.25) is 0 Å². The molecule has 3 aromatic rings. The number of nitrogens with zero attached hydrogens (tertiary/aromatic N) is 4. The summed E-state index contributed by atoms with van der Waals surface area (Å²) in [6, 6.07) is 10.3. The molecule has 0 atom stereocenters. The van der Waals surface area contributed by atoms with Crippen LogP contribution in [0.3, 0.4) is 0 Å². The maximum absolute atomic E-state index is 11.0. The quantitative estimate of drug-likeness (QED) is 0.523. The Morgan fingerprint density at radius 1 is 1.25 bits per heavy atom. The topological polar surface area (TPSA) is 103 Å². The summed E-state index contributed by atoms with van der Waals surface area (Å²) in [5, 5.41) is 23.1. The van der Waals surface area contributed by atoms with Crippen LogP contribution in [-0.4, -0.2) is 27.2 Å². The lowest BCUT2D eigenvalue weighted by Gasteiger charge is -2.03. The van der Waals surface area contributed by atoms with Gasteiger partial charge in [0.1, 0.15) is 5.75 Å². The van der Waals surface area contributed by atoms with Gasteiger partial charge in [-0.1, -0.05) is 11.3 Å². The Labute approximate surface area is 145 Å². The number of aromatic nitrogens is 3. The number of methoxy groups -OCH3 is 1. The first-order valence-electron chi connectivity index (χ1n) is 6.67. The van der Waals surface area contributed by atoms with E-state index in [-0.39, 0.29) is 10.7 Å². The molecule has 0 saturated carbocycles. The molecule has 1 aromatic carbocycles. The normalized spacial score (nSPS) is 10.4. The Morgan fingerprint density at radius 3 is 2.75 bits per heavy atom. The minimum Gasteiger partial charge on any atom is -0.497 e. The molecule has 0 aliphatic carbocycles. The zero-order valence-electron chi connectivity index (χ0n) is 12.4. The molecule has 0 radical (unpaired) electrons. The van der Waals surface area contributed by atoms with Gasteiger partial charge < -0.3 is 10.1 Å². The van der Waals surface area contributed by atoms with Gasteiger partial charge in [0, 0.05) is 18.0 Å². The lowest BCUT2D eigenvalue weighted by atomic mass is 10.3. The number of benzene rings is 1. The van der Waals surface area contributed by atoms with E-state index in [9.17, 15) is 10.1 Å². The third-order valence-corrected chi connectivity index (χ3v) is 4.78. The van der Waals surface area contributed by atoms with Crippen LogP contribution in [0.4, 0.5) is 16.5 Å². The molecule has 24 heavy (non-hydrogen) atoms. The van der Waals surface area contributed by atoms with Gasteiger partial charge >= 0.3 is 5.69 Å². The van der Waals surface area contributed by atoms with Crippen molar-refractivity contribution in [2.75, 3.05) is 12.4 Å². The maximum atomic E-state index is 11.0. The molecule has 10 heteroatoms. The smallest absolute Gasteiger partial charge is 0.301 e. The van der Waals surface area contributed by atoms with Crippen LogP contribution in [0.25, 0.3) is 0 Å². The molecule has 0 aliphatic rings. The van der Waals surface area contributed by atoms with Crippen LogP contribution >= 0.6 is 23.1 Å². The summed E-state index contributed by atoms with van der Waals surface area (Å²) in [5.41, 5.74) is 0.787. The summed E-state index contributed by atoms with van der Waals surface area (Å²) >= 11 is 2.40. The molecule has 8 nitrogen and oxygen atoms in total. The molecule has 0 unspecified atom stereocenters. The van der Waals surface area contributed by atoms with Gasteiger partial charge in [-0.3, -0.25) is 10.1 Å². The van der Waals surface area contributed by atoms with Crippen molar-refractivity contribution in [3.05, 3.63) is 52.7 Å². The highest BCUT2D eigenvalue weighted by Gasteiger charge is 2.17. The largest absolute Gasteiger partial charge is 0.497 e. The second-order valence-corrected chi connectivity index (χ2v) is 6.63. The second kappa shape index (κ2) is 7.23. The Balaban J connectivity index is 1.72. The van der Waals surface area contributed by atoms with Gasteiger partial charge in [-0.25, -0.2) is 4.98 Å². The standard InChI is InChI=1S/C14H11N5O3S2/c1-22-10-6-4-9(5-7-10)16-13-17-18-14(24-13)23-12-11(19(20)21)3-2-8-15-12/h2-8H,1H3,(H,16,17). The van der Waals surface area contributed by atoms with Crippen LogP contribution in [0.15, 0.2) is 52.0 Å². The molecule has 0 saturated heterocycles. The summed E-state index contributed by atoms with van der Waals surface area (Å²) in [4.78, 5) is 14.6. The van der Waals surface area contributed by atoms with Crippen molar-refractivity contribution >= 4 is 39.6 Å². The number of anilines is 2. The van der Waals surface area contributed by atoms with E-state index in [0.717, 1.165) is 23.2 Å². The number of pyridine rings is 1. The fourth-order valence-electron chi connectivity index (χ4n) is 1.78. The van der Waals surface area contributed by atoms with Gasteiger partial charge in [-0.2, -0.15) is 0 Å². The third-order valence-electron chi connectivity index (χ3n) is 2.88. The number of rotatable bonds is 6. The monoisotopic (exact) mass is 361 g/mol. The molecule has 1 N–H and O–H groups in total. The van der Waals surface area contributed by atoms with Crippen LogP contribution in [0.1, 0.15) is 0 Å². The van der Waals surface area contributed by atoms with Crippen molar-refractivity contribution in [3.8, 4) is 5.75 Å². The minimum atomic E-state index is -0.465. The van der Waals surface area contributed by atoms with E-state index in [2.05, 4.69) is 20.5 Å². The van der Waals surface area contributed by atoms with Crippen molar-refractivity contribution in [1.29, 1.82) is 0 Å². The molecule has 0 amide bonds. The van der Waals surface area contributed by atoms with Crippen LogP contribution < -0.4 is 10.1 Å². The maximum Gasteiger partial charge on any atom is 0.301 e. The first-order chi connectivity index (χ1) is 11.7. The highest BCUT2D eigenvalue weighted by atomic mass is 32.2. The van der Waals surface area contributed by atoms with Gasteiger partial charge in [0.05, 0.1) is 12.0 Å². The highest BCUT2D eigenvalue weighted by molar-refractivity contribution is 8.01. The van der Waals surface area contributed by atoms with Crippen molar-refractivity contribution in [3.63, 3.8) is 0 Å². The summed E-state index contributed by atoms with van der Waals surface area (Å²) in [6.07, 6.45) is 1.51. The summed E-state index contributed by atoms with van der Waals surface area (Å²) in [7, 11) is 1.60. The number of nitrogens with one attached hydrogen (secondary N) is 1. The van der Waals surface area contributed by atoms with Gasteiger partial charge in [0.15, 0.2) is 9.37 Å². The van der Waals surface area contributed by atoms with Gasteiger partial charge in [-0.05, 0) is 42.1 Å². The summed E-state index contributed by atoms with van der Waals surface area (Å²) in [5.74, 6) is 0.761. The van der Waals surface area contributed by atoms with Gasteiger partial charge in [-0.15, -0.1) is 10.2 Å². The van der Waals surface area contributed by atoms with Crippen LogP contribution in [0, 0.1) is 10.1 Å². The minimum absolute atomic E-state index is 0.0534. The number of hydrogen-bond acceptors (Lipinski definition) is 9. The molecule has 2 heterocycles. The molecule has 0 bridgehead atoms. The average molecular weight is 361 g/mol. The summed E-state index contributed by atoms with van der Waals surface area (Å²) in [6.45, 7) is 0. The van der Waals surface area contributed by atoms with E-state index in [0.29, 0.717) is 9.47 Å².